The molecule has 4 rings (SSSR count). The maximum atomic E-state index is 14.3. The van der Waals surface area contributed by atoms with Crippen LogP contribution in [0.15, 0.2) is 58.5 Å². The molecular formula is C29H28I3N3O5S. The Bertz CT molecular complexity index is 1780. The lowest BCUT2D eigenvalue weighted by atomic mass is 10.1. The first kappa shape index (κ1) is 32.0. The Morgan fingerprint density at radius 3 is 2.20 bits per heavy atom. The smallest absolute Gasteiger partial charge is 0.340 e. The van der Waals surface area contributed by atoms with Gasteiger partial charge < -0.3 is 19.5 Å². The summed E-state index contributed by atoms with van der Waals surface area (Å²) in [5, 5.41) is 1.36. The number of aromatic amines is 1. The average Bonchev–Trinajstić information content (AvgIpc) is 3.33. The molecule has 12 heteroatoms. The predicted molar refractivity (Wildman–Crippen MR) is 188 cm³/mol. The van der Waals surface area contributed by atoms with Crippen LogP contribution in [0.25, 0.3) is 22.0 Å². The van der Waals surface area contributed by atoms with E-state index in [1.165, 1.54) is 17.9 Å². The van der Waals surface area contributed by atoms with Gasteiger partial charge in [0.1, 0.15) is 5.03 Å². The minimum absolute atomic E-state index is 0.0483. The fourth-order valence-corrected chi connectivity index (χ4v) is 10.6. The lowest BCUT2D eigenvalue weighted by Crippen LogP contribution is -2.28. The van der Waals surface area contributed by atoms with Crippen molar-refractivity contribution in [3.8, 4) is 11.3 Å². The molecule has 0 radical (unpaired) electrons. The van der Waals surface area contributed by atoms with Gasteiger partial charge in [-0.25, -0.2) is 13.2 Å². The number of carbonyl (C=O) groups excluding carboxylic acids is 2. The molecule has 1 amide bonds. The van der Waals surface area contributed by atoms with E-state index in [1.54, 1.807) is 25.1 Å². The van der Waals surface area contributed by atoms with Gasteiger partial charge >= 0.3 is 5.97 Å². The highest BCUT2D eigenvalue weighted by Crippen LogP contribution is 2.42. The summed E-state index contributed by atoms with van der Waals surface area (Å²) in [5.41, 5.74) is 2.77. The van der Waals surface area contributed by atoms with E-state index in [2.05, 4.69) is 72.8 Å². The number of hydrogen-bond donors (Lipinski definition) is 1. The normalized spacial score (nSPS) is 11.5. The molecule has 0 atom stereocenters. The third-order valence-electron chi connectivity index (χ3n) is 6.58. The number of sulfone groups is 1. The molecule has 1 heterocycles. The van der Waals surface area contributed by atoms with Gasteiger partial charge in [-0.1, -0.05) is 24.3 Å². The van der Waals surface area contributed by atoms with Crippen LogP contribution in [0.5, 0.6) is 0 Å². The number of esters is 1. The van der Waals surface area contributed by atoms with E-state index in [0.29, 0.717) is 41.6 Å². The number of rotatable bonds is 8. The highest BCUT2D eigenvalue weighted by Gasteiger charge is 2.30. The van der Waals surface area contributed by atoms with Gasteiger partial charge in [0.2, 0.25) is 15.7 Å². The van der Waals surface area contributed by atoms with Crippen molar-refractivity contribution < 1.29 is 22.7 Å². The fraction of sp³-hybridized carbons (Fsp3) is 0.241. The average molecular weight is 911 g/mol. The summed E-state index contributed by atoms with van der Waals surface area (Å²) in [4.78, 5) is 32.4. The van der Waals surface area contributed by atoms with E-state index < -0.39 is 15.8 Å². The standard InChI is InChI=1S/C29H28I3N3O5S/c1-6-35(16(3)36)22-15-24(33-28(22)25-19(30)14-20(31)26(27(25)32)29(37)40-7-2)41(38,39)23-13-9-10-17-18(23)11-8-12-21(17)34(4)5/h8-15,33H,6-7H2,1-5H3. The van der Waals surface area contributed by atoms with Crippen LogP contribution >= 0.6 is 67.8 Å². The summed E-state index contributed by atoms with van der Waals surface area (Å²) in [6.45, 7) is 5.55. The second kappa shape index (κ2) is 12.8. The van der Waals surface area contributed by atoms with Crippen LogP contribution in [-0.4, -0.2) is 52.5 Å². The molecule has 0 unspecified atom stereocenters. The van der Waals surface area contributed by atoms with Crippen molar-refractivity contribution in [2.24, 2.45) is 0 Å². The lowest BCUT2D eigenvalue weighted by molar-refractivity contribution is -0.116. The van der Waals surface area contributed by atoms with Crippen LogP contribution in [0.2, 0.25) is 0 Å². The molecule has 0 spiro atoms. The van der Waals surface area contributed by atoms with Gasteiger partial charge in [-0.3, -0.25) is 4.79 Å². The zero-order valence-electron chi connectivity index (χ0n) is 23.0. The second-order valence-corrected chi connectivity index (χ2v) is 14.6. The third kappa shape index (κ3) is 5.98. The molecule has 216 valence electrons. The van der Waals surface area contributed by atoms with E-state index in [1.807, 2.05) is 50.2 Å². The number of nitrogens with one attached hydrogen (secondary N) is 1. The number of benzene rings is 3. The molecule has 0 aliphatic heterocycles. The zero-order chi connectivity index (χ0) is 30.2. The summed E-state index contributed by atoms with van der Waals surface area (Å²) in [6.07, 6.45) is 0. The monoisotopic (exact) mass is 911 g/mol. The summed E-state index contributed by atoms with van der Waals surface area (Å²) < 4.78 is 35.9. The minimum atomic E-state index is -4.06. The maximum Gasteiger partial charge on any atom is 0.340 e. The van der Waals surface area contributed by atoms with Crippen LogP contribution in [0, 0.1) is 10.7 Å². The number of H-pyrrole nitrogens is 1. The highest BCUT2D eigenvalue weighted by molar-refractivity contribution is 14.1. The molecule has 0 aliphatic carbocycles. The first-order chi connectivity index (χ1) is 19.3. The molecular weight excluding hydrogens is 883 g/mol. The molecule has 3 aromatic carbocycles. The first-order valence-corrected chi connectivity index (χ1v) is 17.4. The van der Waals surface area contributed by atoms with Gasteiger partial charge in [-0.2, -0.15) is 0 Å². The van der Waals surface area contributed by atoms with Gasteiger partial charge in [0, 0.05) is 60.3 Å². The molecule has 4 aromatic rings. The van der Waals surface area contributed by atoms with Crippen molar-refractivity contribution in [1.82, 2.24) is 4.98 Å². The predicted octanol–water partition coefficient (Wildman–Crippen LogP) is 7.10. The first-order valence-electron chi connectivity index (χ1n) is 12.6. The summed E-state index contributed by atoms with van der Waals surface area (Å²) in [6, 6.07) is 14.2. The topological polar surface area (TPSA) is 99.8 Å². The number of fused-ring (bicyclic) bond motifs is 1. The molecule has 8 nitrogen and oxygen atoms in total. The number of amides is 1. The Kier molecular flexibility index (Phi) is 9.95. The van der Waals surface area contributed by atoms with Crippen molar-refractivity contribution in [3.05, 3.63) is 64.8 Å². The number of hydrogen-bond acceptors (Lipinski definition) is 6. The number of aromatic nitrogens is 1. The van der Waals surface area contributed by atoms with Crippen molar-refractivity contribution in [1.29, 1.82) is 0 Å². The summed E-state index contributed by atoms with van der Waals surface area (Å²) >= 11 is 6.36. The van der Waals surface area contributed by atoms with Gasteiger partial charge in [-0.15, -0.1) is 0 Å². The van der Waals surface area contributed by atoms with Gasteiger partial charge in [0.15, 0.2) is 0 Å². The van der Waals surface area contributed by atoms with E-state index >= 15 is 0 Å². The van der Waals surface area contributed by atoms with E-state index in [9.17, 15) is 18.0 Å². The van der Waals surface area contributed by atoms with Crippen molar-refractivity contribution in [2.45, 2.75) is 30.7 Å². The summed E-state index contributed by atoms with van der Waals surface area (Å²) in [7, 11) is -0.240. The van der Waals surface area contributed by atoms with Crippen LogP contribution < -0.4 is 9.80 Å². The second-order valence-electron chi connectivity index (χ2n) is 9.31. The maximum absolute atomic E-state index is 14.3. The molecule has 0 fully saturated rings. The number of nitrogens with zero attached hydrogens (tertiary/aromatic N) is 2. The van der Waals surface area contributed by atoms with E-state index in [-0.39, 0.29) is 22.4 Å². The number of anilines is 2. The van der Waals surface area contributed by atoms with Gasteiger partial charge in [0.05, 0.1) is 28.4 Å². The van der Waals surface area contributed by atoms with Crippen molar-refractivity contribution >= 4 is 112 Å². The highest BCUT2D eigenvalue weighted by atomic mass is 127. The van der Waals surface area contributed by atoms with Crippen LogP contribution in [0.3, 0.4) is 0 Å². The third-order valence-corrected chi connectivity index (χ3v) is 11.1. The van der Waals surface area contributed by atoms with Crippen LogP contribution in [0.4, 0.5) is 11.4 Å². The Balaban J connectivity index is 2.03. The summed E-state index contributed by atoms with van der Waals surface area (Å²) in [5.74, 6) is -0.704. The van der Waals surface area contributed by atoms with Gasteiger partial charge in [0.25, 0.3) is 0 Å². The number of halogens is 3. The Morgan fingerprint density at radius 1 is 0.927 bits per heavy atom. The molecule has 1 aromatic heterocycles. The fourth-order valence-electron chi connectivity index (χ4n) is 4.75. The Hall–Kier alpha value is -1.92. The Labute approximate surface area is 280 Å². The zero-order valence-corrected chi connectivity index (χ0v) is 30.3. The molecule has 0 bridgehead atoms. The van der Waals surface area contributed by atoms with Crippen LogP contribution in [0.1, 0.15) is 31.1 Å². The van der Waals surface area contributed by atoms with Gasteiger partial charge in [-0.05, 0) is 106 Å². The molecule has 0 aliphatic rings. The SMILES string of the molecule is CCOC(=O)c1c(I)cc(I)c(-c2[nH]c(S(=O)(=O)c3cccc4c(N(C)C)cccc34)cc2N(CC)C(C)=O)c1I. The van der Waals surface area contributed by atoms with Crippen molar-refractivity contribution in [2.75, 3.05) is 37.0 Å². The van der Waals surface area contributed by atoms with E-state index in [4.69, 9.17) is 4.74 Å². The largest absolute Gasteiger partial charge is 0.462 e. The van der Waals surface area contributed by atoms with E-state index in [0.717, 1.165) is 14.6 Å². The van der Waals surface area contributed by atoms with Crippen LogP contribution in [-0.2, 0) is 19.4 Å². The minimum Gasteiger partial charge on any atom is -0.462 e. The quantitative estimate of drug-likeness (QED) is 0.150. The van der Waals surface area contributed by atoms with Crippen molar-refractivity contribution in [3.63, 3.8) is 0 Å². The number of ether oxygens (including phenoxy) is 1. The Morgan fingerprint density at radius 2 is 1.59 bits per heavy atom. The molecule has 41 heavy (non-hydrogen) atoms. The molecule has 0 saturated heterocycles. The number of carbonyl (C=O) groups is 2. The molecule has 0 saturated carbocycles. The molecule has 1 N–H and O–H groups in total. The lowest BCUT2D eigenvalue weighted by Gasteiger charge is -2.21.